The number of benzene rings is 2. The largest absolute Gasteiger partial charge is 0.507 e. The highest BCUT2D eigenvalue weighted by atomic mass is 16.5. The Bertz CT molecular complexity index is 966. The average molecular weight is 425 g/mol. The summed E-state index contributed by atoms with van der Waals surface area (Å²) in [6.07, 6.45) is 0.566. The molecule has 1 heterocycles. The monoisotopic (exact) mass is 425 g/mol. The van der Waals surface area contributed by atoms with E-state index in [2.05, 4.69) is 0 Å². The molecule has 0 radical (unpaired) electrons. The van der Waals surface area contributed by atoms with Crippen molar-refractivity contribution in [1.29, 1.82) is 0 Å². The van der Waals surface area contributed by atoms with Crippen molar-refractivity contribution in [2.45, 2.75) is 19.4 Å². The molecule has 2 aromatic rings. The number of aliphatic hydroxyl groups is 1. The van der Waals surface area contributed by atoms with Gasteiger partial charge in [-0.3, -0.25) is 9.59 Å². The van der Waals surface area contributed by atoms with E-state index in [0.29, 0.717) is 48.8 Å². The lowest BCUT2D eigenvalue weighted by Crippen LogP contribution is -2.31. The first-order chi connectivity index (χ1) is 15.0. The van der Waals surface area contributed by atoms with E-state index in [0.717, 1.165) is 0 Å². The summed E-state index contributed by atoms with van der Waals surface area (Å²) in [7, 11) is 3.11. The molecule has 0 spiro atoms. The Kier molecular flexibility index (Phi) is 7.31. The molecule has 3 rings (SSSR count). The Balaban J connectivity index is 2.09. The predicted molar refractivity (Wildman–Crippen MR) is 116 cm³/mol. The van der Waals surface area contributed by atoms with Crippen LogP contribution in [0.2, 0.25) is 0 Å². The number of ketones is 1. The van der Waals surface area contributed by atoms with Crippen molar-refractivity contribution in [1.82, 2.24) is 4.90 Å². The van der Waals surface area contributed by atoms with Gasteiger partial charge >= 0.3 is 0 Å². The number of methoxy groups -OCH3 is 2. The third kappa shape index (κ3) is 4.72. The number of likely N-dealkylation sites (tertiary alicyclic amines) is 1. The summed E-state index contributed by atoms with van der Waals surface area (Å²) in [5.74, 6) is -0.354. The predicted octanol–water partition coefficient (Wildman–Crippen LogP) is 3.55. The van der Waals surface area contributed by atoms with E-state index in [1.54, 1.807) is 43.5 Å². The van der Waals surface area contributed by atoms with Gasteiger partial charge in [-0.25, -0.2) is 0 Å². The molecule has 31 heavy (non-hydrogen) atoms. The maximum absolute atomic E-state index is 13.0. The average Bonchev–Trinajstić information content (AvgIpc) is 3.04. The number of ether oxygens (including phenoxy) is 3. The van der Waals surface area contributed by atoms with E-state index in [1.165, 1.54) is 12.0 Å². The van der Waals surface area contributed by atoms with Gasteiger partial charge in [0.25, 0.3) is 11.7 Å². The molecule has 1 atom stereocenters. The van der Waals surface area contributed by atoms with Gasteiger partial charge in [0.2, 0.25) is 0 Å². The van der Waals surface area contributed by atoms with E-state index in [-0.39, 0.29) is 11.3 Å². The summed E-state index contributed by atoms with van der Waals surface area (Å²) in [4.78, 5) is 27.3. The second-order valence-electron chi connectivity index (χ2n) is 7.07. The highest BCUT2D eigenvalue weighted by Crippen LogP contribution is 2.40. The number of rotatable bonds is 9. The molecule has 7 nitrogen and oxygen atoms in total. The summed E-state index contributed by atoms with van der Waals surface area (Å²) in [6.45, 7) is 3.21. The van der Waals surface area contributed by atoms with E-state index in [9.17, 15) is 14.7 Å². The number of aliphatic hydroxyl groups excluding tert-OH is 1. The van der Waals surface area contributed by atoms with Gasteiger partial charge in [0.15, 0.2) is 0 Å². The number of carbonyl (C=O) groups excluding carboxylic acids is 2. The molecule has 164 valence electrons. The molecule has 0 aromatic heterocycles. The van der Waals surface area contributed by atoms with Gasteiger partial charge in [0.1, 0.15) is 17.3 Å². The van der Waals surface area contributed by atoms with Gasteiger partial charge in [-0.15, -0.1) is 0 Å². The van der Waals surface area contributed by atoms with Crippen LogP contribution in [-0.4, -0.2) is 55.7 Å². The summed E-state index contributed by atoms with van der Waals surface area (Å²) in [5, 5.41) is 11.1. The molecule has 1 fully saturated rings. The van der Waals surface area contributed by atoms with Gasteiger partial charge in [0.05, 0.1) is 25.3 Å². The first-order valence-electron chi connectivity index (χ1n) is 10.2. The Hall–Kier alpha value is -3.32. The molecule has 2 aromatic carbocycles. The van der Waals surface area contributed by atoms with Crippen molar-refractivity contribution in [2.75, 3.05) is 34.0 Å². The van der Waals surface area contributed by atoms with Gasteiger partial charge in [-0.05, 0) is 43.2 Å². The lowest BCUT2D eigenvalue weighted by atomic mass is 9.95. The summed E-state index contributed by atoms with van der Waals surface area (Å²) in [6, 6.07) is 13.2. The normalized spacial score (nSPS) is 17.8. The van der Waals surface area contributed by atoms with Crippen molar-refractivity contribution < 1.29 is 28.9 Å². The molecule has 1 aliphatic rings. The first-order valence-corrected chi connectivity index (χ1v) is 10.2. The number of amides is 1. The lowest BCUT2D eigenvalue weighted by Gasteiger charge is -2.25. The van der Waals surface area contributed by atoms with Crippen molar-refractivity contribution in [3.05, 3.63) is 65.2 Å². The molecule has 0 aliphatic carbocycles. The van der Waals surface area contributed by atoms with Crippen LogP contribution in [0.15, 0.2) is 54.1 Å². The zero-order valence-electron chi connectivity index (χ0n) is 18.0. The van der Waals surface area contributed by atoms with Crippen LogP contribution in [0.1, 0.15) is 30.5 Å². The van der Waals surface area contributed by atoms with E-state index < -0.39 is 17.7 Å². The minimum absolute atomic E-state index is 0.0554. The zero-order chi connectivity index (χ0) is 22.4. The quantitative estimate of drug-likeness (QED) is 0.286. The Morgan fingerprint density at radius 1 is 1.06 bits per heavy atom. The van der Waals surface area contributed by atoms with Crippen LogP contribution in [0.4, 0.5) is 0 Å². The maximum Gasteiger partial charge on any atom is 0.295 e. The molecular formula is C24H27NO6. The summed E-state index contributed by atoms with van der Waals surface area (Å²) >= 11 is 0. The van der Waals surface area contributed by atoms with Crippen LogP contribution in [0.5, 0.6) is 11.5 Å². The fourth-order valence-electron chi connectivity index (χ4n) is 3.68. The molecule has 1 saturated heterocycles. The molecule has 1 unspecified atom stereocenters. The summed E-state index contributed by atoms with van der Waals surface area (Å²) in [5.41, 5.74) is 1.18. The Morgan fingerprint density at radius 3 is 2.45 bits per heavy atom. The molecule has 1 amide bonds. The number of Topliss-reactive ketones (excluding diaryl/α,β-unsaturated/α-hetero) is 1. The van der Waals surface area contributed by atoms with Crippen LogP contribution < -0.4 is 9.47 Å². The minimum Gasteiger partial charge on any atom is -0.507 e. The van der Waals surface area contributed by atoms with Crippen LogP contribution >= 0.6 is 0 Å². The van der Waals surface area contributed by atoms with Crippen LogP contribution in [0.25, 0.3) is 5.76 Å². The fourth-order valence-corrected chi connectivity index (χ4v) is 3.68. The zero-order valence-corrected chi connectivity index (χ0v) is 18.0. The molecule has 7 heteroatoms. The van der Waals surface area contributed by atoms with Crippen LogP contribution in [0, 0.1) is 0 Å². The maximum atomic E-state index is 13.0. The number of hydrogen-bond acceptors (Lipinski definition) is 6. The van der Waals surface area contributed by atoms with Gasteiger partial charge < -0.3 is 24.2 Å². The number of nitrogens with zero attached hydrogens (tertiary/aromatic N) is 1. The first kappa shape index (κ1) is 22.4. The molecule has 1 N–H and O–H groups in total. The molecule has 0 bridgehead atoms. The smallest absolute Gasteiger partial charge is 0.295 e. The van der Waals surface area contributed by atoms with Gasteiger partial charge in [0, 0.05) is 25.8 Å². The van der Waals surface area contributed by atoms with Gasteiger partial charge in [-0.1, -0.05) is 24.3 Å². The van der Waals surface area contributed by atoms with Gasteiger partial charge in [-0.2, -0.15) is 0 Å². The fraction of sp³-hybridized carbons (Fsp3) is 0.333. The Labute approximate surface area is 181 Å². The van der Waals surface area contributed by atoms with E-state index in [1.807, 2.05) is 19.1 Å². The second kappa shape index (κ2) is 10.1. The highest BCUT2D eigenvalue weighted by molar-refractivity contribution is 6.46. The molecule has 0 saturated carbocycles. The third-order valence-corrected chi connectivity index (χ3v) is 5.14. The highest BCUT2D eigenvalue weighted by Gasteiger charge is 2.45. The summed E-state index contributed by atoms with van der Waals surface area (Å²) < 4.78 is 15.8. The van der Waals surface area contributed by atoms with Crippen LogP contribution in [-0.2, 0) is 14.3 Å². The lowest BCUT2D eigenvalue weighted by molar-refractivity contribution is -0.140. The number of hydrogen-bond donors (Lipinski definition) is 1. The Morgan fingerprint density at radius 2 is 1.81 bits per heavy atom. The number of carbonyl (C=O) groups is 2. The van der Waals surface area contributed by atoms with E-state index >= 15 is 0 Å². The second-order valence-corrected chi connectivity index (χ2v) is 7.07. The molecule has 1 aliphatic heterocycles. The topological polar surface area (TPSA) is 85.3 Å². The van der Waals surface area contributed by atoms with E-state index in [4.69, 9.17) is 14.2 Å². The molecular weight excluding hydrogens is 398 g/mol. The SMILES string of the molecule is CCOc1ccc(C2/C(=C(/O)c3cccc(OC)c3)C(=O)C(=O)N2CCCOC)cc1. The van der Waals surface area contributed by atoms with Crippen molar-refractivity contribution >= 4 is 17.4 Å². The third-order valence-electron chi connectivity index (χ3n) is 5.14. The van der Waals surface area contributed by atoms with Crippen molar-refractivity contribution in [3.63, 3.8) is 0 Å². The van der Waals surface area contributed by atoms with Crippen LogP contribution in [0.3, 0.4) is 0 Å². The minimum atomic E-state index is -0.711. The van der Waals surface area contributed by atoms with Crippen molar-refractivity contribution in [3.8, 4) is 11.5 Å². The standard InChI is InChI=1S/C24H27NO6/c1-4-31-18-11-9-16(10-12-18)21-20(22(26)17-7-5-8-19(15-17)30-3)23(27)24(28)25(21)13-6-14-29-2/h5,7-12,15,21,26H,4,6,13-14H2,1-3H3/b22-20-. The van der Waals surface area contributed by atoms with Crippen molar-refractivity contribution in [2.24, 2.45) is 0 Å².